The third-order valence-corrected chi connectivity index (χ3v) is 3.24. The predicted octanol–water partition coefficient (Wildman–Crippen LogP) is 5.31. The second kappa shape index (κ2) is 7.56. The summed E-state index contributed by atoms with van der Waals surface area (Å²) in [5, 5.41) is 1.77. The first-order valence-electron chi connectivity index (χ1n) is 5.79. The molecule has 0 aromatic carbocycles. The number of thiol groups is 1. The maximum absolute atomic E-state index is 4.16. The number of hydrogen-bond acceptors (Lipinski definition) is 1. The lowest BCUT2D eigenvalue weighted by atomic mass is 9.92. The van der Waals surface area contributed by atoms with E-state index in [1.807, 2.05) is 6.08 Å². The van der Waals surface area contributed by atoms with Gasteiger partial charge in [0.05, 0.1) is 0 Å². The van der Waals surface area contributed by atoms with Crippen LogP contribution in [0.5, 0.6) is 0 Å². The van der Waals surface area contributed by atoms with E-state index in [9.17, 15) is 0 Å². The van der Waals surface area contributed by atoms with Crippen molar-refractivity contribution >= 4 is 12.6 Å². The molecule has 1 unspecified atom stereocenters. The molecule has 0 radical (unpaired) electrons. The first-order valence-corrected chi connectivity index (χ1v) is 6.31. The highest BCUT2D eigenvalue weighted by Crippen LogP contribution is 2.22. The second-order valence-corrected chi connectivity index (χ2v) is 4.64. The summed E-state index contributed by atoms with van der Waals surface area (Å²) in [6.07, 6.45) is 5.36. The van der Waals surface area contributed by atoms with E-state index < -0.39 is 0 Å². The van der Waals surface area contributed by atoms with Crippen molar-refractivity contribution in [1.82, 2.24) is 0 Å². The molecule has 0 spiro atoms. The van der Waals surface area contributed by atoms with Crippen molar-refractivity contribution in [2.45, 2.75) is 41.0 Å². The van der Waals surface area contributed by atoms with Crippen LogP contribution in [0.2, 0.25) is 0 Å². The van der Waals surface area contributed by atoms with E-state index in [0.29, 0.717) is 5.92 Å². The highest BCUT2D eigenvalue weighted by Gasteiger charge is 2.05. The topological polar surface area (TPSA) is 0 Å². The number of hydrogen-bond donors (Lipinski definition) is 1. The van der Waals surface area contributed by atoms with Gasteiger partial charge >= 0.3 is 0 Å². The van der Waals surface area contributed by atoms with Gasteiger partial charge in [-0.2, -0.15) is 12.6 Å². The summed E-state index contributed by atoms with van der Waals surface area (Å²) in [4.78, 5) is 0. The fourth-order valence-corrected chi connectivity index (χ4v) is 1.63. The van der Waals surface area contributed by atoms with Crippen molar-refractivity contribution in [1.29, 1.82) is 0 Å². The van der Waals surface area contributed by atoms with Gasteiger partial charge in [-0.3, -0.25) is 0 Å². The second-order valence-electron chi connectivity index (χ2n) is 4.34. The molecule has 0 rings (SSSR count). The van der Waals surface area contributed by atoms with Crippen molar-refractivity contribution in [3.63, 3.8) is 0 Å². The highest BCUT2D eigenvalue weighted by molar-refractivity contribution is 7.83. The van der Waals surface area contributed by atoms with Crippen molar-refractivity contribution in [3.8, 4) is 0 Å². The molecule has 16 heavy (non-hydrogen) atoms. The lowest BCUT2D eigenvalue weighted by molar-refractivity contribution is 0.664. The van der Waals surface area contributed by atoms with Gasteiger partial charge in [0, 0.05) is 0 Å². The van der Waals surface area contributed by atoms with Crippen LogP contribution in [0.15, 0.2) is 46.4 Å². The summed E-state index contributed by atoms with van der Waals surface area (Å²) < 4.78 is 0. The smallest absolute Gasteiger partial charge is 0.0196 e. The summed E-state index contributed by atoms with van der Waals surface area (Å²) in [5.74, 6) is 0.560. The molecule has 0 saturated carbocycles. The molecule has 0 aliphatic rings. The SMILES string of the molecule is C=C(/C(C)=C/C(C)=C(C)/C=C\S)C(C)CC. The van der Waals surface area contributed by atoms with Crippen LogP contribution in [0.3, 0.4) is 0 Å². The Hall–Kier alpha value is -0.690. The maximum atomic E-state index is 4.16. The lowest BCUT2D eigenvalue weighted by Gasteiger charge is -2.13. The molecule has 0 saturated heterocycles. The van der Waals surface area contributed by atoms with E-state index >= 15 is 0 Å². The van der Waals surface area contributed by atoms with E-state index in [0.717, 1.165) is 6.42 Å². The van der Waals surface area contributed by atoms with Gasteiger partial charge < -0.3 is 0 Å². The molecule has 1 heteroatoms. The van der Waals surface area contributed by atoms with Crippen LogP contribution in [0.4, 0.5) is 0 Å². The summed E-state index contributed by atoms with van der Waals surface area (Å²) in [6.45, 7) is 14.9. The lowest BCUT2D eigenvalue weighted by Crippen LogP contribution is -1.97. The van der Waals surface area contributed by atoms with Crippen LogP contribution in [0.25, 0.3) is 0 Å². The monoisotopic (exact) mass is 236 g/mol. The van der Waals surface area contributed by atoms with E-state index in [1.54, 1.807) is 5.41 Å². The zero-order chi connectivity index (χ0) is 12.7. The Bertz CT molecular complexity index is 329. The maximum Gasteiger partial charge on any atom is -0.0196 e. The normalized spacial score (nSPS) is 16.2. The van der Waals surface area contributed by atoms with Gasteiger partial charge in [0.15, 0.2) is 0 Å². The van der Waals surface area contributed by atoms with Crippen molar-refractivity contribution < 1.29 is 0 Å². The molecule has 0 N–H and O–H groups in total. The standard InChI is InChI=1S/C15H24S/c1-7-11(2)15(6)14(5)10-13(4)12(3)8-9-16/h8-11,16H,6-7H2,1-5H3/b9-8-,13-12+,14-10+. The van der Waals surface area contributed by atoms with Gasteiger partial charge in [0.1, 0.15) is 0 Å². The fourth-order valence-electron chi connectivity index (χ4n) is 1.41. The van der Waals surface area contributed by atoms with E-state index in [1.165, 1.54) is 22.3 Å². The van der Waals surface area contributed by atoms with Crippen LogP contribution in [-0.4, -0.2) is 0 Å². The Morgan fingerprint density at radius 3 is 2.25 bits per heavy atom. The van der Waals surface area contributed by atoms with Crippen LogP contribution in [0.1, 0.15) is 41.0 Å². The van der Waals surface area contributed by atoms with Gasteiger partial charge in [-0.1, -0.05) is 32.6 Å². The quantitative estimate of drug-likeness (QED) is 0.485. The Kier molecular flexibility index (Phi) is 7.24. The van der Waals surface area contributed by atoms with Gasteiger partial charge in [0.25, 0.3) is 0 Å². The van der Waals surface area contributed by atoms with Gasteiger partial charge in [-0.05, 0) is 60.8 Å². The zero-order valence-corrected chi connectivity index (χ0v) is 12.1. The van der Waals surface area contributed by atoms with Gasteiger partial charge in [-0.25, -0.2) is 0 Å². The minimum atomic E-state index is 0.560. The van der Waals surface area contributed by atoms with Crippen LogP contribution in [-0.2, 0) is 0 Å². The third kappa shape index (κ3) is 4.89. The minimum Gasteiger partial charge on any atom is -0.151 e. The summed E-state index contributed by atoms with van der Waals surface area (Å²) in [7, 11) is 0. The highest BCUT2D eigenvalue weighted by atomic mass is 32.1. The van der Waals surface area contributed by atoms with Crippen LogP contribution < -0.4 is 0 Å². The first-order chi connectivity index (χ1) is 7.43. The zero-order valence-electron chi connectivity index (χ0n) is 11.2. The Balaban J connectivity index is 4.91. The summed E-state index contributed by atoms with van der Waals surface area (Å²) in [5.41, 5.74) is 5.03. The Morgan fingerprint density at radius 2 is 1.81 bits per heavy atom. The van der Waals surface area contributed by atoms with E-state index in [4.69, 9.17) is 0 Å². The molecule has 0 aliphatic carbocycles. The first kappa shape index (κ1) is 15.3. The average molecular weight is 236 g/mol. The van der Waals surface area contributed by atoms with Crippen LogP contribution in [0, 0.1) is 5.92 Å². The summed E-state index contributed by atoms with van der Waals surface area (Å²) >= 11 is 4.08. The molecule has 0 bridgehead atoms. The molecule has 0 aromatic heterocycles. The van der Waals surface area contributed by atoms with Gasteiger partial charge in [-0.15, -0.1) is 0 Å². The fraction of sp³-hybridized carbons (Fsp3) is 0.467. The summed E-state index contributed by atoms with van der Waals surface area (Å²) in [6, 6.07) is 0. The Labute approximate surface area is 106 Å². The number of allylic oxidation sites excluding steroid dienone is 6. The predicted molar refractivity (Wildman–Crippen MR) is 78.9 cm³/mol. The molecule has 0 fully saturated rings. The van der Waals surface area contributed by atoms with E-state index in [2.05, 4.69) is 59.9 Å². The van der Waals surface area contributed by atoms with Crippen LogP contribution >= 0.6 is 12.6 Å². The third-order valence-electron chi connectivity index (χ3n) is 3.09. The number of rotatable bonds is 5. The Morgan fingerprint density at radius 1 is 1.25 bits per heavy atom. The molecular formula is C15H24S. The molecule has 90 valence electrons. The largest absolute Gasteiger partial charge is 0.151 e. The molecule has 0 aliphatic heterocycles. The molecular weight excluding hydrogens is 212 g/mol. The molecule has 0 heterocycles. The van der Waals surface area contributed by atoms with Crippen molar-refractivity contribution in [2.24, 2.45) is 5.92 Å². The molecule has 0 aromatic rings. The average Bonchev–Trinajstić information content (AvgIpc) is 2.26. The minimum absolute atomic E-state index is 0.560. The van der Waals surface area contributed by atoms with Crippen molar-refractivity contribution in [3.05, 3.63) is 46.4 Å². The van der Waals surface area contributed by atoms with Gasteiger partial charge in [0.2, 0.25) is 0 Å². The molecule has 0 amide bonds. The molecule has 0 nitrogen and oxygen atoms in total. The van der Waals surface area contributed by atoms with E-state index in [-0.39, 0.29) is 0 Å². The van der Waals surface area contributed by atoms with Crippen molar-refractivity contribution in [2.75, 3.05) is 0 Å². The molecule has 1 atom stereocenters.